The summed E-state index contributed by atoms with van der Waals surface area (Å²) in [5.41, 5.74) is 14.2. The Balaban J connectivity index is 0.908. The van der Waals surface area contributed by atoms with Crippen LogP contribution in [0.3, 0.4) is 0 Å². The molecule has 0 saturated carbocycles. The van der Waals surface area contributed by atoms with E-state index in [9.17, 15) is 0 Å². The molecule has 0 amide bonds. The average Bonchev–Trinajstić information content (AvgIpc) is 3.68. The Morgan fingerprint density at radius 3 is 1.78 bits per heavy atom. The van der Waals surface area contributed by atoms with Crippen LogP contribution in [-0.2, 0) is 0 Å². The molecule has 2 heterocycles. The first-order valence-electron chi connectivity index (χ1n) is 20.2. The highest BCUT2D eigenvalue weighted by molar-refractivity contribution is 7.25. The summed E-state index contributed by atoms with van der Waals surface area (Å²) in [5, 5.41) is 7.68. The van der Waals surface area contributed by atoms with Gasteiger partial charge in [-0.05, 0) is 129 Å². The van der Waals surface area contributed by atoms with E-state index < -0.39 is 0 Å². The molecule has 0 N–H and O–H groups in total. The van der Waals surface area contributed by atoms with Crippen LogP contribution in [0.25, 0.3) is 75.1 Å². The van der Waals surface area contributed by atoms with Crippen molar-refractivity contribution in [2.45, 2.75) is 0 Å². The largest absolute Gasteiger partial charge is 0.310 e. The minimum Gasteiger partial charge on any atom is -0.310 e. The van der Waals surface area contributed by atoms with Crippen LogP contribution < -0.4 is 9.80 Å². The lowest BCUT2D eigenvalue weighted by Crippen LogP contribution is -2.15. The Bertz CT molecular complexity index is 3380. The van der Waals surface area contributed by atoms with Crippen LogP contribution in [0.5, 0.6) is 0 Å². The highest BCUT2D eigenvalue weighted by Crippen LogP contribution is 2.52. The Labute approximate surface area is 347 Å². The van der Waals surface area contributed by atoms with Crippen molar-refractivity contribution in [1.82, 2.24) is 0 Å². The van der Waals surface area contributed by atoms with E-state index in [1.165, 1.54) is 86.5 Å². The van der Waals surface area contributed by atoms with Crippen molar-refractivity contribution in [2.75, 3.05) is 9.80 Å². The van der Waals surface area contributed by atoms with Gasteiger partial charge in [0, 0.05) is 53.9 Å². The van der Waals surface area contributed by atoms with Crippen molar-refractivity contribution < 1.29 is 0 Å². The SMILES string of the molecule is c1ccc(N(c2ccc(-c3ccc4sc5ccccc5c4c3)cc2)c2cccc(-c3ccc(N4c5cc6ccccc6cc5-c5cccc6cccc4c56)cc3)c2)cc1. The molecule has 10 aromatic carbocycles. The average molecular weight is 769 g/mol. The standard InChI is InChI=1S/C56H36N2S/c1-2-16-44(17-3-1)57(45-28-23-38(24-29-45)43-27-32-55-51(35-43)48-19-6-7-22-54(48)59-55)47-18-8-15-40(33-47)37-25-30-46(31-26-37)58-52-21-10-14-39-13-9-20-49(56(39)52)50-34-41-11-4-5-12-42(41)36-53(50)58/h1-36H. The summed E-state index contributed by atoms with van der Waals surface area (Å²) in [4.78, 5) is 4.79. The highest BCUT2D eigenvalue weighted by Gasteiger charge is 2.26. The van der Waals surface area contributed by atoms with Gasteiger partial charge in [0.15, 0.2) is 0 Å². The zero-order valence-electron chi connectivity index (χ0n) is 32.1. The zero-order valence-corrected chi connectivity index (χ0v) is 32.9. The number of para-hydroxylation sites is 1. The fraction of sp³-hybridized carbons (Fsp3) is 0. The Morgan fingerprint density at radius 1 is 0.339 bits per heavy atom. The Hall–Kier alpha value is -7.46. The first-order valence-corrected chi connectivity index (χ1v) is 21.0. The lowest BCUT2D eigenvalue weighted by atomic mass is 9.89. The van der Waals surface area contributed by atoms with E-state index in [-0.39, 0.29) is 0 Å². The molecular weight excluding hydrogens is 733 g/mol. The van der Waals surface area contributed by atoms with Crippen molar-refractivity contribution in [3.05, 3.63) is 218 Å². The van der Waals surface area contributed by atoms with E-state index >= 15 is 0 Å². The maximum Gasteiger partial charge on any atom is 0.0546 e. The van der Waals surface area contributed by atoms with Gasteiger partial charge in [0.05, 0.1) is 11.4 Å². The molecule has 12 rings (SSSR count). The number of anilines is 6. The summed E-state index contributed by atoms with van der Waals surface area (Å²) < 4.78 is 2.66. The molecule has 1 aliphatic rings. The van der Waals surface area contributed by atoms with Crippen LogP contribution in [0, 0.1) is 0 Å². The van der Waals surface area contributed by atoms with Crippen molar-refractivity contribution in [2.24, 2.45) is 0 Å². The highest BCUT2D eigenvalue weighted by atomic mass is 32.1. The molecule has 0 radical (unpaired) electrons. The quantitative estimate of drug-likeness (QED) is 0.166. The molecule has 0 spiro atoms. The van der Waals surface area contributed by atoms with Gasteiger partial charge in [-0.3, -0.25) is 0 Å². The van der Waals surface area contributed by atoms with Crippen LogP contribution in [0.4, 0.5) is 34.1 Å². The van der Waals surface area contributed by atoms with E-state index in [4.69, 9.17) is 0 Å². The molecule has 59 heavy (non-hydrogen) atoms. The summed E-state index contributed by atoms with van der Waals surface area (Å²) in [6.07, 6.45) is 0. The summed E-state index contributed by atoms with van der Waals surface area (Å²) in [7, 11) is 0. The maximum absolute atomic E-state index is 2.44. The normalized spacial score (nSPS) is 12.0. The van der Waals surface area contributed by atoms with Crippen LogP contribution in [-0.4, -0.2) is 0 Å². The lowest BCUT2D eigenvalue weighted by molar-refractivity contribution is 1.28. The van der Waals surface area contributed by atoms with Crippen molar-refractivity contribution in [3.63, 3.8) is 0 Å². The van der Waals surface area contributed by atoms with Gasteiger partial charge >= 0.3 is 0 Å². The molecule has 0 unspecified atom stereocenters. The summed E-state index contributed by atoms with van der Waals surface area (Å²) in [5.74, 6) is 0. The molecule has 0 bridgehead atoms. The maximum atomic E-state index is 2.44. The second-order valence-electron chi connectivity index (χ2n) is 15.4. The zero-order chi connectivity index (χ0) is 38.9. The molecule has 0 aliphatic carbocycles. The molecule has 0 saturated heterocycles. The van der Waals surface area contributed by atoms with E-state index in [2.05, 4.69) is 228 Å². The number of benzene rings is 10. The van der Waals surface area contributed by atoms with Crippen molar-refractivity contribution >= 4 is 87.2 Å². The molecule has 0 atom stereocenters. The monoisotopic (exact) mass is 768 g/mol. The molecular formula is C56H36N2S. The second-order valence-corrected chi connectivity index (χ2v) is 16.4. The summed E-state index contributed by atoms with van der Waals surface area (Å²) in [6.45, 7) is 0. The van der Waals surface area contributed by atoms with Gasteiger partial charge in [0.1, 0.15) is 0 Å². The molecule has 276 valence electrons. The van der Waals surface area contributed by atoms with Crippen LogP contribution in [0.2, 0.25) is 0 Å². The van der Waals surface area contributed by atoms with Gasteiger partial charge < -0.3 is 9.80 Å². The van der Waals surface area contributed by atoms with E-state index in [1.807, 2.05) is 11.3 Å². The molecule has 1 aromatic heterocycles. The van der Waals surface area contributed by atoms with E-state index in [0.29, 0.717) is 0 Å². The smallest absolute Gasteiger partial charge is 0.0546 e. The van der Waals surface area contributed by atoms with Crippen LogP contribution in [0.1, 0.15) is 0 Å². The van der Waals surface area contributed by atoms with E-state index in [1.54, 1.807) is 0 Å². The minimum atomic E-state index is 1.11. The van der Waals surface area contributed by atoms with E-state index in [0.717, 1.165) is 22.7 Å². The number of fused-ring (bicyclic) bond motifs is 6. The summed E-state index contributed by atoms with van der Waals surface area (Å²) >= 11 is 1.86. The van der Waals surface area contributed by atoms with Gasteiger partial charge in [-0.2, -0.15) is 0 Å². The number of nitrogens with zero attached hydrogens (tertiary/aromatic N) is 2. The number of thiophene rings is 1. The molecule has 1 aliphatic heterocycles. The van der Waals surface area contributed by atoms with Gasteiger partial charge in [-0.15, -0.1) is 11.3 Å². The predicted molar refractivity (Wildman–Crippen MR) is 254 cm³/mol. The number of rotatable bonds is 6. The predicted octanol–water partition coefficient (Wildman–Crippen LogP) is 16.6. The number of hydrogen-bond donors (Lipinski definition) is 0. The second kappa shape index (κ2) is 13.6. The fourth-order valence-electron chi connectivity index (χ4n) is 9.13. The first-order chi connectivity index (χ1) is 29.2. The topological polar surface area (TPSA) is 6.48 Å². The van der Waals surface area contributed by atoms with Crippen molar-refractivity contribution in [3.8, 4) is 33.4 Å². The third-order valence-corrected chi connectivity index (χ3v) is 13.1. The lowest BCUT2D eigenvalue weighted by Gasteiger charge is -2.34. The number of hydrogen-bond acceptors (Lipinski definition) is 3. The van der Waals surface area contributed by atoms with Gasteiger partial charge in [-0.25, -0.2) is 0 Å². The molecule has 0 fully saturated rings. The third-order valence-electron chi connectivity index (χ3n) is 11.9. The van der Waals surface area contributed by atoms with Gasteiger partial charge in [-0.1, -0.05) is 133 Å². The molecule has 3 heteroatoms. The summed E-state index contributed by atoms with van der Waals surface area (Å²) in [6, 6.07) is 80.0. The van der Waals surface area contributed by atoms with Gasteiger partial charge in [0.25, 0.3) is 0 Å². The Kier molecular flexibility index (Phi) is 7.75. The van der Waals surface area contributed by atoms with Crippen molar-refractivity contribution in [1.29, 1.82) is 0 Å². The molecule has 11 aromatic rings. The third kappa shape index (κ3) is 5.62. The first kappa shape index (κ1) is 33.7. The molecule has 2 nitrogen and oxygen atoms in total. The van der Waals surface area contributed by atoms with Crippen LogP contribution in [0.15, 0.2) is 218 Å². The Morgan fingerprint density at radius 2 is 0.949 bits per heavy atom. The fourth-order valence-corrected chi connectivity index (χ4v) is 10.2. The van der Waals surface area contributed by atoms with Gasteiger partial charge in [0.2, 0.25) is 0 Å². The minimum absolute atomic E-state index is 1.11. The van der Waals surface area contributed by atoms with Crippen LogP contribution >= 0.6 is 11.3 Å².